The molecular formula is C14H24N2. The van der Waals surface area contributed by atoms with E-state index in [1.165, 1.54) is 16.8 Å². The molecule has 1 aromatic rings. The number of anilines is 1. The van der Waals surface area contributed by atoms with Gasteiger partial charge in [-0.15, -0.1) is 0 Å². The summed E-state index contributed by atoms with van der Waals surface area (Å²) in [6.07, 6.45) is 1.15. The standard InChI is InChI=1S/C14H24N2/c1-11(10-15)7-8-16(4)14-6-5-12(2)13(3)9-14/h5-6,9,11H,7-8,10,15H2,1-4H3. The quantitative estimate of drug-likeness (QED) is 0.826. The molecule has 0 fully saturated rings. The number of benzene rings is 1. The van der Waals surface area contributed by atoms with E-state index in [1.54, 1.807) is 0 Å². The summed E-state index contributed by atoms with van der Waals surface area (Å²) in [5.74, 6) is 0.606. The van der Waals surface area contributed by atoms with Crippen molar-refractivity contribution in [3.05, 3.63) is 29.3 Å². The van der Waals surface area contributed by atoms with Crippen molar-refractivity contribution in [3.8, 4) is 0 Å². The third-order valence-electron chi connectivity index (χ3n) is 3.29. The maximum absolute atomic E-state index is 5.62. The van der Waals surface area contributed by atoms with Crippen molar-refractivity contribution in [1.29, 1.82) is 0 Å². The molecule has 0 saturated heterocycles. The first kappa shape index (κ1) is 13.0. The maximum atomic E-state index is 5.62. The van der Waals surface area contributed by atoms with Crippen molar-refractivity contribution < 1.29 is 0 Å². The number of hydrogen-bond acceptors (Lipinski definition) is 2. The second kappa shape index (κ2) is 5.90. The predicted octanol–water partition coefficient (Wildman–Crippen LogP) is 2.72. The molecule has 1 atom stereocenters. The molecule has 2 heteroatoms. The van der Waals surface area contributed by atoms with Gasteiger partial charge in [0.1, 0.15) is 0 Å². The van der Waals surface area contributed by atoms with Crippen LogP contribution in [0.4, 0.5) is 5.69 Å². The summed E-state index contributed by atoms with van der Waals surface area (Å²) >= 11 is 0. The van der Waals surface area contributed by atoms with Gasteiger partial charge in [0.15, 0.2) is 0 Å². The van der Waals surface area contributed by atoms with Crippen LogP contribution in [0.5, 0.6) is 0 Å². The fourth-order valence-corrected chi connectivity index (χ4v) is 1.62. The predicted molar refractivity (Wildman–Crippen MR) is 72.0 cm³/mol. The first-order chi connectivity index (χ1) is 7.54. The smallest absolute Gasteiger partial charge is 0.0366 e. The van der Waals surface area contributed by atoms with Gasteiger partial charge in [-0.2, -0.15) is 0 Å². The number of rotatable bonds is 5. The maximum Gasteiger partial charge on any atom is 0.0366 e. The Hall–Kier alpha value is -1.02. The van der Waals surface area contributed by atoms with E-state index in [2.05, 4.69) is 50.9 Å². The van der Waals surface area contributed by atoms with Crippen molar-refractivity contribution in [2.24, 2.45) is 11.7 Å². The Balaban J connectivity index is 2.59. The molecule has 0 radical (unpaired) electrons. The number of aryl methyl sites for hydroxylation is 2. The van der Waals surface area contributed by atoms with Crippen LogP contribution in [0.15, 0.2) is 18.2 Å². The highest BCUT2D eigenvalue weighted by Gasteiger charge is 2.05. The number of nitrogens with two attached hydrogens (primary N) is 1. The Morgan fingerprint density at radius 2 is 1.94 bits per heavy atom. The fourth-order valence-electron chi connectivity index (χ4n) is 1.62. The molecule has 0 aliphatic rings. The van der Waals surface area contributed by atoms with Crippen molar-refractivity contribution in [2.75, 3.05) is 25.0 Å². The molecular weight excluding hydrogens is 196 g/mol. The van der Waals surface area contributed by atoms with Crippen molar-refractivity contribution in [3.63, 3.8) is 0 Å². The van der Waals surface area contributed by atoms with Gasteiger partial charge in [-0.1, -0.05) is 13.0 Å². The summed E-state index contributed by atoms with van der Waals surface area (Å²) in [5.41, 5.74) is 9.63. The highest BCUT2D eigenvalue weighted by atomic mass is 15.1. The van der Waals surface area contributed by atoms with Crippen LogP contribution in [0.3, 0.4) is 0 Å². The molecule has 0 bridgehead atoms. The lowest BCUT2D eigenvalue weighted by molar-refractivity contribution is 0.545. The lowest BCUT2D eigenvalue weighted by Crippen LogP contribution is -2.23. The lowest BCUT2D eigenvalue weighted by Gasteiger charge is -2.22. The Morgan fingerprint density at radius 1 is 1.25 bits per heavy atom. The van der Waals surface area contributed by atoms with E-state index >= 15 is 0 Å². The molecule has 0 saturated carbocycles. The summed E-state index contributed by atoms with van der Waals surface area (Å²) in [6.45, 7) is 8.36. The van der Waals surface area contributed by atoms with Crippen molar-refractivity contribution in [1.82, 2.24) is 0 Å². The minimum Gasteiger partial charge on any atom is -0.375 e. The van der Waals surface area contributed by atoms with Crippen LogP contribution in [0, 0.1) is 19.8 Å². The minimum absolute atomic E-state index is 0.606. The van der Waals surface area contributed by atoms with Crippen LogP contribution in [0.1, 0.15) is 24.5 Å². The summed E-state index contributed by atoms with van der Waals surface area (Å²) in [6, 6.07) is 6.63. The highest BCUT2D eigenvalue weighted by molar-refractivity contribution is 5.49. The molecule has 90 valence electrons. The Labute approximate surface area is 99.5 Å². The van der Waals surface area contributed by atoms with E-state index in [-0.39, 0.29) is 0 Å². The second-order valence-electron chi connectivity index (χ2n) is 4.82. The highest BCUT2D eigenvalue weighted by Crippen LogP contribution is 2.18. The van der Waals surface area contributed by atoms with Gasteiger partial charge in [0.2, 0.25) is 0 Å². The lowest BCUT2D eigenvalue weighted by atomic mass is 10.1. The average molecular weight is 220 g/mol. The van der Waals surface area contributed by atoms with E-state index in [1.807, 2.05) is 0 Å². The van der Waals surface area contributed by atoms with E-state index in [0.717, 1.165) is 19.5 Å². The van der Waals surface area contributed by atoms with E-state index in [0.29, 0.717) is 5.92 Å². The van der Waals surface area contributed by atoms with E-state index in [9.17, 15) is 0 Å². The van der Waals surface area contributed by atoms with Gasteiger partial charge < -0.3 is 10.6 Å². The van der Waals surface area contributed by atoms with E-state index < -0.39 is 0 Å². The normalized spacial score (nSPS) is 12.6. The molecule has 0 spiro atoms. The van der Waals surface area contributed by atoms with Crippen LogP contribution < -0.4 is 10.6 Å². The molecule has 0 heterocycles. The number of nitrogens with zero attached hydrogens (tertiary/aromatic N) is 1. The molecule has 1 aromatic carbocycles. The van der Waals surface area contributed by atoms with Crippen LogP contribution in [0.2, 0.25) is 0 Å². The zero-order valence-electron chi connectivity index (χ0n) is 11.0. The third-order valence-corrected chi connectivity index (χ3v) is 3.29. The van der Waals surface area contributed by atoms with Gasteiger partial charge >= 0.3 is 0 Å². The van der Waals surface area contributed by atoms with Gasteiger partial charge in [-0.05, 0) is 56.0 Å². The zero-order valence-corrected chi connectivity index (χ0v) is 11.0. The Kier molecular flexibility index (Phi) is 4.81. The zero-order chi connectivity index (χ0) is 12.1. The van der Waals surface area contributed by atoms with Crippen LogP contribution in [-0.2, 0) is 0 Å². The van der Waals surface area contributed by atoms with Gasteiger partial charge in [0.05, 0.1) is 0 Å². The number of hydrogen-bond donors (Lipinski definition) is 1. The topological polar surface area (TPSA) is 29.3 Å². The molecule has 0 aromatic heterocycles. The Bertz CT molecular complexity index is 334. The summed E-state index contributed by atoms with van der Waals surface area (Å²) in [5, 5.41) is 0. The van der Waals surface area contributed by atoms with Gasteiger partial charge in [-0.25, -0.2) is 0 Å². The molecule has 0 aliphatic heterocycles. The molecule has 1 rings (SSSR count). The van der Waals surface area contributed by atoms with Gasteiger partial charge in [-0.3, -0.25) is 0 Å². The van der Waals surface area contributed by atoms with Gasteiger partial charge in [0.25, 0.3) is 0 Å². The molecule has 0 aliphatic carbocycles. The van der Waals surface area contributed by atoms with Crippen molar-refractivity contribution in [2.45, 2.75) is 27.2 Å². The van der Waals surface area contributed by atoms with Crippen molar-refractivity contribution >= 4 is 5.69 Å². The molecule has 16 heavy (non-hydrogen) atoms. The Morgan fingerprint density at radius 3 is 2.50 bits per heavy atom. The first-order valence-electron chi connectivity index (χ1n) is 6.03. The first-order valence-corrected chi connectivity index (χ1v) is 6.03. The monoisotopic (exact) mass is 220 g/mol. The minimum atomic E-state index is 0.606. The second-order valence-corrected chi connectivity index (χ2v) is 4.82. The third kappa shape index (κ3) is 3.53. The average Bonchev–Trinajstić information content (AvgIpc) is 2.29. The molecule has 2 nitrogen and oxygen atoms in total. The largest absolute Gasteiger partial charge is 0.375 e. The SMILES string of the molecule is Cc1ccc(N(C)CCC(C)CN)cc1C. The van der Waals surface area contributed by atoms with Gasteiger partial charge in [0, 0.05) is 19.3 Å². The van der Waals surface area contributed by atoms with Crippen LogP contribution >= 0.6 is 0 Å². The molecule has 0 amide bonds. The molecule has 2 N–H and O–H groups in total. The summed E-state index contributed by atoms with van der Waals surface area (Å²) in [7, 11) is 2.15. The van der Waals surface area contributed by atoms with E-state index in [4.69, 9.17) is 5.73 Å². The van der Waals surface area contributed by atoms with Crippen LogP contribution in [-0.4, -0.2) is 20.1 Å². The summed E-state index contributed by atoms with van der Waals surface area (Å²) in [4.78, 5) is 2.30. The fraction of sp³-hybridized carbons (Fsp3) is 0.571. The summed E-state index contributed by atoms with van der Waals surface area (Å²) < 4.78 is 0. The molecule has 1 unspecified atom stereocenters. The van der Waals surface area contributed by atoms with Crippen LogP contribution in [0.25, 0.3) is 0 Å².